The number of hydrogen-bond acceptors (Lipinski definition) is 4. The fraction of sp³-hybridized carbons (Fsp3) is 0.263. The van der Waals surface area contributed by atoms with E-state index in [2.05, 4.69) is 54.3 Å². The first kappa shape index (κ1) is 14.8. The van der Waals surface area contributed by atoms with E-state index in [4.69, 9.17) is 4.99 Å². The highest BCUT2D eigenvalue weighted by Crippen LogP contribution is 2.20. The van der Waals surface area contributed by atoms with E-state index in [-0.39, 0.29) is 6.04 Å². The van der Waals surface area contributed by atoms with Crippen molar-refractivity contribution in [3.8, 4) is 0 Å². The van der Waals surface area contributed by atoms with E-state index < -0.39 is 0 Å². The largest absolute Gasteiger partial charge is 0.260 e. The van der Waals surface area contributed by atoms with Crippen LogP contribution in [0.2, 0.25) is 0 Å². The topological polar surface area (TPSA) is 55.4 Å². The Kier molecular flexibility index (Phi) is 3.49. The third kappa shape index (κ3) is 2.42. The molecule has 120 valence electrons. The Morgan fingerprint density at radius 1 is 1.08 bits per heavy atom. The second-order valence-corrected chi connectivity index (χ2v) is 6.34. The van der Waals surface area contributed by atoms with Gasteiger partial charge in [0, 0.05) is 17.2 Å². The van der Waals surface area contributed by atoms with Crippen molar-refractivity contribution >= 4 is 22.6 Å². The molecular formula is C19H19N5. The highest BCUT2D eigenvalue weighted by molar-refractivity contribution is 6.18. The predicted octanol–water partition coefficient (Wildman–Crippen LogP) is 3.57. The van der Waals surface area contributed by atoms with E-state index in [0.717, 1.165) is 28.1 Å². The van der Waals surface area contributed by atoms with Crippen molar-refractivity contribution in [1.82, 2.24) is 15.0 Å². The zero-order valence-electron chi connectivity index (χ0n) is 14.1. The SMILES string of the molecule is Cc1ccccc1C1=NC(c2ccc3c(c2)nnn3C(C)C)=NC1. The van der Waals surface area contributed by atoms with E-state index in [1.54, 1.807) is 0 Å². The molecule has 5 nitrogen and oxygen atoms in total. The number of benzene rings is 2. The minimum absolute atomic E-state index is 0.287. The monoisotopic (exact) mass is 317 g/mol. The molecule has 0 unspecified atom stereocenters. The number of aromatic nitrogens is 3. The Hall–Kier alpha value is -2.82. The van der Waals surface area contributed by atoms with E-state index in [9.17, 15) is 0 Å². The first-order chi connectivity index (χ1) is 11.6. The third-order valence-corrected chi connectivity index (χ3v) is 4.29. The van der Waals surface area contributed by atoms with Gasteiger partial charge in [0.1, 0.15) is 5.52 Å². The minimum atomic E-state index is 0.287. The number of fused-ring (bicyclic) bond motifs is 1. The fourth-order valence-corrected chi connectivity index (χ4v) is 3.01. The molecule has 0 spiro atoms. The summed E-state index contributed by atoms with van der Waals surface area (Å²) in [5.41, 5.74) is 6.32. The van der Waals surface area contributed by atoms with Gasteiger partial charge in [0.15, 0.2) is 5.84 Å². The Labute approximate surface area is 140 Å². The Balaban J connectivity index is 1.70. The van der Waals surface area contributed by atoms with Crippen molar-refractivity contribution < 1.29 is 0 Å². The molecule has 4 rings (SSSR count). The molecule has 1 aliphatic heterocycles. The van der Waals surface area contributed by atoms with Crippen LogP contribution in [0.5, 0.6) is 0 Å². The van der Waals surface area contributed by atoms with E-state index in [0.29, 0.717) is 6.54 Å². The zero-order chi connectivity index (χ0) is 16.7. The smallest absolute Gasteiger partial charge is 0.155 e. The molecule has 1 aliphatic rings. The van der Waals surface area contributed by atoms with E-state index in [1.807, 2.05) is 28.9 Å². The van der Waals surface area contributed by atoms with Crippen molar-refractivity contribution in [2.45, 2.75) is 26.8 Å². The van der Waals surface area contributed by atoms with Crippen LogP contribution in [-0.2, 0) is 0 Å². The molecular weight excluding hydrogens is 298 g/mol. The van der Waals surface area contributed by atoms with Gasteiger partial charge in [0.05, 0.1) is 17.8 Å². The summed E-state index contributed by atoms with van der Waals surface area (Å²) in [5.74, 6) is 0.772. The average molecular weight is 317 g/mol. The summed E-state index contributed by atoms with van der Waals surface area (Å²) >= 11 is 0. The summed E-state index contributed by atoms with van der Waals surface area (Å²) in [6.45, 7) is 6.92. The number of aryl methyl sites for hydroxylation is 1. The molecule has 0 atom stereocenters. The number of nitrogens with zero attached hydrogens (tertiary/aromatic N) is 5. The van der Waals surface area contributed by atoms with Crippen LogP contribution in [0.4, 0.5) is 0 Å². The highest BCUT2D eigenvalue weighted by Gasteiger charge is 2.16. The average Bonchev–Trinajstić information content (AvgIpc) is 3.21. The van der Waals surface area contributed by atoms with Gasteiger partial charge < -0.3 is 0 Å². The minimum Gasteiger partial charge on any atom is -0.260 e. The van der Waals surface area contributed by atoms with Gasteiger partial charge in [0.25, 0.3) is 0 Å². The van der Waals surface area contributed by atoms with Crippen LogP contribution in [-0.4, -0.2) is 33.1 Å². The Morgan fingerprint density at radius 2 is 1.92 bits per heavy atom. The molecule has 1 aromatic heterocycles. The lowest BCUT2D eigenvalue weighted by atomic mass is 10.0. The van der Waals surface area contributed by atoms with Gasteiger partial charge in [-0.25, -0.2) is 9.67 Å². The van der Waals surface area contributed by atoms with Gasteiger partial charge >= 0.3 is 0 Å². The van der Waals surface area contributed by atoms with Gasteiger partial charge in [-0.2, -0.15) is 0 Å². The van der Waals surface area contributed by atoms with Crippen molar-refractivity contribution in [3.05, 3.63) is 59.2 Å². The van der Waals surface area contributed by atoms with Crippen LogP contribution >= 0.6 is 0 Å². The first-order valence-electron chi connectivity index (χ1n) is 8.17. The van der Waals surface area contributed by atoms with Gasteiger partial charge in [-0.1, -0.05) is 29.5 Å². The van der Waals surface area contributed by atoms with E-state index in [1.165, 1.54) is 11.1 Å². The molecule has 5 heteroatoms. The summed E-state index contributed by atoms with van der Waals surface area (Å²) in [6.07, 6.45) is 0. The number of hydrogen-bond donors (Lipinski definition) is 0. The van der Waals surface area contributed by atoms with Crippen LogP contribution < -0.4 is 0 Å². The third-order valence-electron chi connectivity index (χ3n) is 4.29. The molecule has 0 bridgehead atoms. The summed E-state index contributed by atoms with van der Waals surface area (Å²) in [4.78, 5) is 9.36. The maximum Gasteiger partial charge on any atom is 0.155 e. The molecule has 0 amide bonds. The molecule has 0 saturated carbocycles. The fourth-order valence-electron chi connectivity index (χ4n) is 3.01. The van der Waals surface area contributed by atoms with Crippen LogP contribution in [0, 0.1) is 6.92 Å². The van der Waals surface area contributed by atoms with Crippen LogP contribution in [0.15, 0.2) is 52.4 Å². The molecule has 2 heterocycles. The highest BCUT2D eigenvalue weighted by atomic mass is 15.4. The quantitative estimate of drug-likeness (QED) is 0.741. The Morgan fingerprint density at radius 3 is 2.71 bits per heavy atom. The van der Waals surface area contributed by atoms with Gasteiger partial charge in [-0.15, -0.1) is 5.10 Å². The van der Waals surface area contributed by atoms with Crippen molar-refractivity contribution in [2.75, 3.05) is 6.54 Å². The zero-order valence-corrected chi connectivity index (χ0v) is 14.1. The Bertz CT molecular complexity index is 978. The summed E-state index contributed by atoms with van der Waals surface area (Å²) < 4.78 is 1.93. The molecule has 0 N–H and O–H groups in total. The maximum atomic E-state index is 4.75. The van der Waals surface area contributed by atoms with Crippen molar-refractivity contribution in [2.24, 2.45) is 9.98 Å². The summed E-state index contributed by atoms with van der Waals surface area (Å²) in [6, 6.07) is 14.7. The van der Waals surface area contributed by atoms with Gasteiger partial charge in [-0.05, 0) is 44.5 Å². The molecule has 24 heavy (non-hydrogen) atoms. The number of aliphatic imine (C=N–C) groups is 2. The normalized spacial score (nSPS) is 14.3. The molecule has 0 fully saturated rings. The second kappa shape index (κ2) is 5.67. The first-order valence-corrected chi connectivity index (χ1v) is 8.17. The van der Waals surface area contributed by atoms with Crippen molar-refractivity contribution in [3.63, 3.8) is 0 Å². The van der Waals surface area contributed by atoms with Gasteiger partial charge in [0.2, 0.25) is 0 Å². The molecule has 3 aromatic rings. The standard InChI is InChI=1S/C19H19N5/c1-12(2)24-18-9-8-14(10-16(18)22-23-24)19-20-11-17(21-19)15-7-5-4-6-13(15)3/h4-10,12H,11H2,1-3H3. The van der Waals surface area contributed by atoms with Crippen LogP contribution in [0.25, 0.3) is 11.0 Å². The van der Waals surface area contributed by atoms with Crippen LogP contribution in [0.1, 0.15) is 36.6 Å². The number of rotatable bonds is 3. The van der Waals surface area contributed by atoms with Gasteiger partial charge in [-0.3, -0.25) is 4.99 Å². The number of amidine groups is 1. The summed E-state index contributed by atoms with van der Waals surface area (Å²) in [7, 11) is 0. The lowest BCUT2D eigenvalue weighted by molar-refractivity contribution is 0.530. The lowest BCUT2D eigenvalue weighted by Gasteiger charge is -2.05. The summed E-state index contributed by atoms with van der Waals surface area (Å²) in [5, 5.41) is 8.50. The molecule has 0 saturated heterocycles. The molecule has 0 aliphatic carbocycles. The van der Waals surface area contributed by atoms with Crippen molar-refractivity contribution in [1.29, 1.82) is 0 Å². The lowest BCUT2D eigenvalue weighted by Crippen LogP contribution is -2.04. The van der Waals surface area contributed by atoms with Crippen LogP contribution in [0.3, 0.4) is 0 Å². The molecule has 0 radical (unpaired) electrons. The predicted molar refractivity (Wildman–Crippen MR) is 97.0 cm³/mol. The van der Waals surface area contributed by atoms with E-state index >= 15 is 0 Å². The maximum absolute atomic E-state index is 4.75. The molecule has 2 aromatic carbocycles. The second-order valence-electron chi connectivity index (χ2n) is 6.34.